The Labute approximate surface area is 193 Å². The zero-order valence-electron chi connectivity index (χ0n) is 19.4. The van der Waals surface area contributed by atoms with Gasteiger partial charge >= 0.3 is 0 Å². The zero-order chi connectivity index (χ0) is 22.9. The lowest BCUT2D eigenvalue weighted by molar-refractivity contribution is -0.121. The summed E-state index contributed by atoms with van der Waals surface area (Å²) in [5, 5.41) is 13.4. The Bertz CT molecular complexity index is 1280. The number of para-hydroxylation sites is 1. The Morgan fingerprint density at radius 2 is 1.82 bits per heavy atom. The minimum absolute atomic E-state index is 0.0265. The van der Waals surface area contributed by atoms with E-state index in [4.69, 9.17) is 4.63 Å². The molecular weight excluding hydrogens is 416 g/mol. The van der Waals surface area contributed by atoms with E-state index in [0.29, 0.717) is 0 Å². The molecule has 1 aliphatic heterocycles. The number of carbonyl (C=O) groups excluding carboxylic acids is 1. The predicted octanol–water partition coefficient (Wildman–Crippen LogP) is 3.65. The Morgan fingerprint density at radius 1 is 1.06 bits per heavy atom. The number of hydrogen-bond acceptors (Lipinski definition) is 6. The van der Waals surface area contributed by atoms with Crippen molar-refractivity contribution in [2.24, 2.45) is 0 Å². The summed E-state index contributed by atoms with van der Waals surface area (Å²) in [6.07, 6.45) is 0. The second-order valence-electron chi connectivity index (χ2n) is 8.77. The topological polar surface area (TPSA) is 79.4 Å². The van der Waals surface area contributed by atoms with E-state index in [1.54, 1.807) is 0 Å². The van der Waals surface area contributed by atoms with Gasteiger partial charge in [-0.05, 0) is 45.0 Å². The van der Waals surface area contributed by atoms with Crippen molar-refractivity contribution in [3.63, 3.8) is 0 Å². The number of aromatic nitrogens is 3. The van der Waals surface area contributed by atoms with Gasteiger partial charge in [0.25, 0.3) is 0 Å². The first-order valence-corrected chi connectivity index (χ1v) is 11.6. The maximum absolute atomic E-state index is 13.1. The van der Waals surface area contributed by atoms with Crippen LogP contribution in [-0.4, -0.2) is 62.8 Å². The van der Waals surface area contributed by atoms with E-state index < -0.39 is 0 Å². The van der Waals surface area contributed by atoms with E-state index in [9.17, 15) is 4.79 Å². The highest BCUT2D eigenvalue weighted by atomic mass is 16.6. The second-order valence-corrected chi connectivity index (χ2v) is 8.77. The number of amides is 1. The Kier molecular flexibility index (Phi) is 5.86. The van der Waals surface area contributed by atoms with Crippen LogP contribution >= 0.6 is 0 Å². The van der Waals surface area contributed by atoms with Gasteiger partial charge in [-0.3, -0.25) is 14.6 Å². The lowest BCUT2D eigenvalue weighted by Gasteiger charge is -2.37. The quantitative estimate of drug-likeness (QED) is 0.487. The highest BCUT2D eigenvalue weighted by Gasteiger charge is 2.26. The van der Waals surface area contributed by atoms with E-state index in [1.807, 2.05) is 19.9 Å². The predicted molar refractivity (Wildman–Crippen MR) is 129 cm³/mol. The van der Waals surface area contributed by atoms with Crippen molar-refractivity contribution in [1.29, 1.82) is 0 Å². The number of aryl methyl sites for hydroxylation is 2. The van der Waals surface area contributed by atoms with Crippen molar-refractivity contribution in [2.45, 2.75) is 39.9 Å². The molecule has 8 heteroatoms. The maximum Gasteiger partial charge on any atom is 0.241 e. The molecule has 33 heavy (non-hydrogen) atoms. The number of nitrogens with one attached hydrogen (secondary N) is 1. The molecule has 1 fully saturated rings. The van der Waals surface area contributed by atoms with Crippen LogP contribution < -0.4 is 5.32 Å². The number of fused-ring (bicyclic) bond motifs is 3. The number of nitrogens with zero attached hydrogens (tertiary/aromatic N) is 5. The van der Waals surface area contributed by atoms with Gasteiger partial charge in [0, 0.05) is 66.8 Å². The monoisotopic (exact) mass is 446 g/mol. The van der Waals surface area contributed by atoms with Crippen molar-refractivity contribution in [3.05, 3.63) is 53.9 Å². The Balaban J connectivity index is 1.25. The summed E-state index contributed by atoms with van der Waals surface area (Å²) in [6, 6.07) is 14.4. The van der Waals surface area contributed by atoms with Crippen molar-refractivity contribution in [2.75, 3.05) is 31.5 Å². The summed E-state index contributed by atoms with van der Waals surface area (Å²) in [5.74, 6) is 0.0265. The molecule has 2 aromatic heterocycles. The molecule has 1 unspecified atom stereocenters. The molecular formula is C25H30N6O2. The van der Waals surface area contributed by atoms with Gasteiger partial charge in [-0.25, -0.2) is 4.63 Å². The van der Waals surface area contributed by atoms with Crippen LogP contribution in [0.15, 0.2) is 47.1 Å². The lowest BCUT2D eigenvalue weighted by atomic mass is 10.1. The van der Waals surface area contributed by atoms with E-state index >= 15 is 0 Å². The van der Waals surface area contributed by atoms with Gasteiger partial charge in [0.2, 0.25) is 5.91 Å². The van der Waals surface area contributed by atoms with Crippen LogP contribution in [0.4, 0.5) is 5.69 Å². The van der Waals surface area contributed by atoms with Gasteiger partial charge < -0.3 is 9.88 Å². The van der Waals surface area contributed by atoms with E-state index in [0.717, 1.165) is 56.3 Å². The SMILES string of the molecule is CCn1c2ccccc2c2cc(NC(=O)C(C)N3CCN(Cc4nonc4C)CC3)ccc21. The Morgan fingerprint density at radius 3 is 2.55 bits per heavy atom. The number of anilines is 1. The first-order valence-electron chi connectivity index (χ1n) is 11.6. The first kappa shape index (κ1) is 21.6. The first-order chi connectivity index (χ1) is 16.0. The van der Waals surface area contributed by atoms with Gasteiger partial charge in [0.1, 0.15) is 11.4 Å². The maximum atomic E-state index is 13.1. The summed E-state index contributed by atoms with van der Waals surface area (Å²) in [5.41, 5.74) is 4.98. The van der Waals surface area contributed by atoms with Crippen molar-refractivity contribution >= 4 is 33.4 Å². The molecule has 3 heterocycles. The molecule has 0 aliphatic carbocycles. The molecule has 5 rings (SSSR count). The molecule has 0 radical (unpaired) electrons. The number of piperazine rings is 1. The number of benzene rings is 2. The van der Waals surface area contributed by atoms with Crippen LogP contribution in [-0.2, 0) is 17.9 Å². The highest BCUT2D eigenvalue weighted by molar-refractivity contribution is 6.10. The van der Waals surface area contributed by atoms with Crippen LogP contribution in [0, 0.1) is 6.92 Å². The average molecular weight is 447 g/mol. The van der Waals surface area contributed by atoms with Gasteiger partial charge in [-0.1, -0.05) is 28.5 Å². The van der Waals surface area contributed by atoms with Gasteiger partial charge in [0.05, 0.1) is 6.04 Å². The molecule has 2 aromatic carbocycles. The van der Waals surface area contributed by atoms with E-state index in [-0.39, 0.29) is 11.9 Å². The second kappa shape index (κ2) is 8.96. The van der Waals surface area contributed by atoms with Gasteiger partial charge in [-0.15, -0.1) is 0 Å². The van der Waals surface area contributed by atoms with Crippen molar-refractivity contribution < 1.29 is 9.42 Å². The average Bonchev–Trinajstić information content (AvgIpc) is 3.39. The van der Waals surface area contributed by atoms with Crippen LogP contribution in [0.1, 0.15) is 25.2 Å². The molecule has 8 nitrogen and oxygen atoms in total. The van der Waals surface area contributed by atoms with Gasteiger partial charge in [0.15, 0.2) is 0 Å². The molecule has 0 bridgehead atoms. The smallest absolute Gasteiger partial charge is 0.241 e. The summed E-state index contributed by atoms with van der Waals surface area (Å²) >= 11 is 0. The van der Waals surface area contributed by atoms with Crippen LogP contribution in [0.5, 0.6) is 0 Å². The minimum Gasteiger partial charge on any atom is -0.341 e. The molecule has 1 atom stereocenters. The third-order valence-electron chi connectivity index (χ3n) is 6.81. The zero-order valence-corrected chi connectivity index (χ0v) is 19.4. The molecule has 0 spiro atoms. The third kappa shape index (κ3) is 4.12. The summed E-state index contributed by atoms with van der Waals surface area (Å²) < 4.78 is 7.12. The van der Waals surface area contributed by atoms with Crippen LogP contribution in [0.25, 0.3) is 21.8 Å². The van der Waals surface area contributed by atoms with E-state index in [1.165, 1.54) is 21.8 Å². The number of carbonyl (C=O) groups is 1. The summed E-state index contributed by atoms with van der Waals surface area (Å²) in [4.78, 5) is 17.6. The molecule has 172 valence electrons. The number of rotatable bonds is 6. The Hall–Kier alpha value is -3.23. The van der Waals surface area contributed by atoms with E-state index in [2.05, 4.69) is 73.3 Å². The van der Waals surface area contributed by atoms with Crippen LogP contribution in [0.2, 0.25) is 0 Å². The minimum atomic E-state index is -0.199. The fourth-order valence-electron chi connectivity index (χ4n) is 4.80. The molecule has 0 saturated carbocycles. The highest BCUT2D eigenvalue weighted by Crippen LogP contribution is 2.31. The van der Waals surface area contributed by atoms with Crippen molar-refractivity contribution in [3.8, 4) is 0 Å². The fourth-order valence-corrected chi connectivity index (χ4v) is 4.80. The standard InChI is InChI=1S/C25H30N6O2/c1-4-31-23-8-6-5-7-20(23)21-15-19(9-10-24(21)31)26-25(32)18(3)30-13-11-29(12-14-30)16-22-17(2)27-33-28-22/h5-10,15,18H,4,11-14,16H2,1-3H3,(H,26,32). The largest absolute Gasteiger partial charge is 0.341 e. The summed E-state index contributed by atoms with van der Waals surface area (Å²) in [7, 11) is 0. The van der Waals surface area contributed by atoms with Crippen molar-refractivity contribution in [1.82, 2.24) is 24.7 Å². The van der Waals surface area contributed by atoms with Gasteiger partial charge in [-0.2, -0.15) is 0 Å². The molecule has 4 aromatic rings. The lowest BCUT2D eigenvalue weighted by Crippen LogP contribution is -2.52. The molecule has 1 aliphatic rings. The molecule has 1 N–H and O–H groups in total. The number of hydrogen-bond donors (Lipinski definition) is 1. The molecule has 1 amide bonds. The fraction of sp³-hybridized carbons (Fsp3) is 0.400. The normalized spacial score (nSPS) is 16.5. The summed E-state index contributed by atoms with van der Waals surface area (Å²) in [6.45, 7) is 11.1. The third-order valence-corrected chi connectivity index (χ3v) is 6.81. The van der Waals surface area contributed by atoms with Crippen LogP contribution in [0.3, 0.4) is 0 Å². The molecule has 1 saturated heterocycles.